The summed E-state index contributed by atoms with van der Waals surface area (Å²) in [5, 5.41) is 8.87. The smallest absolute Gasteiger partial charge is 0.0696 e. The summed E-state index contributed by atoms with van der Waals surface area (Å²) in [6.45, 7) is 4.89. The molecule has 1 rings (SSSR count). The lowest BCUT2D eigenvalue weighted by atomic mass is 10.2. The number of aliphatic hydroxyl groups is 1. The quantitative estimate of drug-likeness (QED) is 0.523. The van der Waals surface area contributed by atoms with Gasteiger partial charge in [-0.3, -0.25) is 0 Å². The summed E-state index contributed by atoms with van der Waals surface area (Å²) in [5.74, 6) is 0. The van der Waals surface area contributed by atoms with Gasteiger partial charge in [-0.1, -0.05) is 12.5 Å². The number of hydrogen-bond acceptors (Lipinski definition) is 1. The van der Waals surface area contributed by atoms with Crippen LogP contribution in [-0.4, -0.2) is 9.67 Å². The first-order chi connectivity index (χ1) is 6.86. The summed E-state index contributed by atoms with van der Waals surface area (Å²) in [5.41, 5.74) is 0.996. The molecule has 0 atom stereocenters. The van der Waals surface area contributed by atoms with Gasteiger partial charge in [0.15, 0.2) is 0 Å². The highest BCUT2D eigenvalue weighted by Crippen LogP contribution is 2.05. The van der Waals surface area contributed by atoms with Crippen LogP contribution in [0, 0.1) is 0 Å². The van der Waals surface area contributed by atoms with Crippen molar-refractivity contribution in [2.75, 3.05) is 0 Å². The lowest BCUT2D eigenvalue weighted by molar-refractivity contribution is 0.281. The molecule has 0 aliphatic heterocycles. The summed E-state index contributed by atoms with van der Waals surface area (Å²) in [4.78, 5) is 0. The van der Waals surface area contributed by atoms with Crippen LogP contribution in [0.5, 0.6) is 0 Å². The zero-order chi connectivity index (χ0) is 10.2. The van der Waals surface area contributed by atoms with Crippen LogP contribution >= 0.6 is 0 Å². The number of aromatic nitrogens is 1. The van der Waals surface area contributed by atoms with Gasteiger partial charge in [0.2, 0.25) is 0 Å². The van der Waals surface area contributed by atoms with E-state index in [0.29, 0.717) is 0 Å². The van der Waals surface area contributed by atoms with Crippen molar-refractivity contribution in [2.45, 2.75) is 38.8 Å². The number of hydrogen-bond donors (Lipinski definition) is 1. The van der Waals surface area contributed by atoms with Gasteiger partial charge in [-0.2, -0.15) is 0 Å². The molecule has 0 saturated carbocycles. The summed E-state index contributed by atoms with van der Waals surface area (Å²) in [6, 6.07) is 1.96. The molecule has 2 nitrogen and oxygen atoms in total. The SMILES string of the molecule is C=CCCCCCn1ccc(CO)c1. The normalized spacial score (nSPS) is 10.4. The molecule has 0 aliphatic carbocycles. The van der Waals surface area contributed by atoms with E-state index >= 15 is 0 Å². The van der Waals surface area contributed by atoms with Crippen LogP contribution in [0.3, 0.4) is 0 Å². The van der Waals surface area contributed by atoms with Crippen LogP contribution < -0.4 is 0 Å². The van der Waals surface area contributed by atoms with Gasteiger partial charge in [0.05, 0.1) is 6.61 Å². The minimum Gasteiger partial charge on any atom is -0.392 e. The number of allylic oxidation sites excluding steroid dienone is 1. The molecule has 0 spiro atoms. The second kappa shape index (κ2) is 6.44. The standard InChI is InChI=1S/C12H19NO/c1-2-3-4-5-6-8-13-9-7-12(10-13)11-14/h2,7,9-10,14H,1,3-6,8,11H2. The van der Waals surface area contributed by atoms with E-state index < -0.39 is 0 Å². The van der Waals surface area contributed by atoms with E-state index in [4.69, 9.17) is 5.11 Å². The maximum absolute atomic E-state index is 8.87. The monoisotopic (exact) mass is 193 g/mol. The van der Waals surface area contributed by atoms with Gasteiger partial charge < -0.3 is 9.67 Å². The van der Waals surface area contributed by atoms with Crippen molar-refractivity contribution in [1.29, 1.82) is 0 Å². The third kappa shape index (κ3) is 3.79. The Bertz CT molecular complexity index is 265. The van der Waals surface area contributed by atoms with Crippen molar-refractivity contribution in [3.05, 3.63) is 36.7 Å². The fourth-order valence-electron chi connectivity index (χ4n) is 1.48. The molecule has 78 valence electrons. The Labute approximate surface area is 85.9 Å². The number of aliphatic hydroxyl groups excluding tert-OH is 1. The largest absolute Gasteiger partial charge is 0.392 e. The highest BCUT2D eigenvalue weighted by Gasteiger charge is 1.94. The van der Waals surface area contributed by atoms with Gasteiger partial charge in [-0.05, 0) is 30.9 Å². The molecule has 1 aromatic rings. The van der Waals surface area contributed by atoms with Crippen molar-refractivity contribution in [3.8, 4) is 0 Å². The molecule has 1 aromatic heterocycles. The van der Waals surface area contributed by atoms with E-state index in [1.807, 2.05) is 24.5 Å². The average Bonchev–Trinajstić information content (AvgIpc) is 2.65. The van der Waals surface area contributed by atoms with Crippen molar-refractivity contribution >= 4 is 0 Å². The van der Waals surface area contributed by atoms with Crippen molar-refractivity contribution < 1.29 is 5.11 Å². The van der Waals surface area contributed by atoms with E-state index in [-0.39, 0.29) is 6.61 Å². The second-order valence-electron chi connectivity index (χ2n) is 3.55. The maximum atomic E-state index is 8.87. The molecule has 0 aliphatic rings. The Morgan fingerprint density at radius 2 is 2.21 bits per heavy atom. The molecule has 0 aromatic carbocycles. The van der Waals surface area contributed by atoms with Crippen molar-refractivity contribution in [1.82, 2.24) is 4.57 Å². The first-order valence-electron chi connectivity index (χ1n) is 5.23. The predicted octanol–water partition coefficient (Wildman–Crippen LogP) is 2.73. The summed E-state index contributed by atoms with van der Waals surface area (Å²) in [7, 11) is 0. The predicted molar refractivity (Wildman–Crippen MR) is 59.0 cm³/mol. The van der Waals surface area contributed by atoms with Gasteiger partial charge in [-0.25, -0.2) is 0 Å². The molecule has 2 heteroatoms. The Morgan fingerprint density at radius 3 is 2.86 bits per heavy atom. The van der Waals surface area contributed by atoms with E-state index in [1.54, 1.807) is 0 Å². The molecular formula is C12H19NO. The number of nitrogens with zero attached hydrogens (tertiary/aromatic N) is 1. The molecule has 1 heterocycles. The highest BCUT2D eigenvalue weighted by atomic mass is 16.3. The average molecular weight is 193 g/mol. The first kappa shape index (κ1) is 11.1. The summed E-state index contributed by atoms with van der Waals surface area (Å²) >= 11 is 0. The topological polar surface area (TPSA) is 25.2 Å². The molecule has 14 heavy (non-hydrogen) atoms. The van der Waals surface area contributed by atoms with Gasteiger partial charge in [-0.15, -0.1) is 6.58 Å². The van der Waals surface area contributed by atoms with E-state index in [1.165, 1.54) is 19.3 Å². The third-order valence-corrected chi connectivity index (χ3v) is 2.32. The van der Waals surface area contributed by atoms with Gasteiger partial charge in [0.1, 0.15) is 0 Å². The molecule has 0 amide bonds. The van der Waals surface area contributed by atoms with Crippen molar-refractivity contribution in [2.24, 2.45) is 0 Å². The molecule has 1 N–H and O–H groups in total. The van der Waals surface area contributed by atoms with Gasteiger partial charge in [0, 0.05) is 18.9 Å². The van der Waals surface area contributed by atoms with E-state index in [2.05, 4.69) is 11.1 Å². The fourth-order valence-corrected chi connectivity index (χ4v) is 1.48. The minimum atomic E-state index is 0.142. The highest BCUT2D eigenvalue weighted by molar-refractivity contribution is 5.08. The summed E-state index contributed by atoms with van der Waals surface area (Å²) in [6.07, 6.45) is 10.8. The zero-order valence-electron chi connectivity index (χ0n) is 8.65. The van der Waals surface area contributed by atoms with Gasteiger partial charge >= 0.3 is 0 Å². The Kier molecular flexibility index (Phi) is 5.08. The third-order valence-electron chi connectivity index (χ3n) is 2.32. The second-order valence-corrected chi connectivity index (χ2v) is 3.55. The van der Waals surface area contributed by atoms with Crippen LogP contribution in [-0.2, 0) is 13.2 Å². The molecule has 0 bridgehead atoms. The number of aryl methyl sites for hydroxylation is 1. The zero-order valence-corrected chi connectivity index (χ0v) is 8.65. The lowest BCUT2D eigenvalue weighted by Gasteiger charge is -2.01. The molecule has 0 saturated heterocycles. The molecular weight excluding hydrogens is 174 g/mol. The number of rotatable bonds is 7. The molecule has 0 fully saturated rings. The minimum absolute atomic E-state index is 0.142. The van der Waals surface area contributed by atoms with Crippen LogP contribution in [0.2, 0.25) is 0 Å². The fraction of sp³-hybridized carbons (Fsp3) is 0.500. The first-order valence-corrected chi connectivity index (χ1v) is 5.23. The van der Waals surface area contributed by atoms with Crippen LogP contribution in [0.15, 0.2) is 31.1 Å². The Balaban J connectivity index is 2.14. The Morgan fingerprint density at radius 1 is 1.36 bits per heavy atom. The Hall–Kier alpha value is -1.02. The summed E-state index contributed by atoms with van der Waals surface area (Å²) < 4.78 is 2.14. The maximum Gasteiger partial charge on any atom is 0.0696 e. The van der Waals surface area contributed by atoms with Crippen LogP contribution in [0.4, 0.5) is 0 Å². The van der Waals surface area contributed by atoms with Crippen LogP contribution in [0.25, 0.3) is 0 Å². The van der Waals surface area contributed by atoms with Crippen molar-refractivity contribution in [3.63, 3.8) is 0 Å². The number of unbranched alkanes of at least 4 members (excludes halogenated alkanes) is 3. The van der Waals surface area contributed by atoms with E-state index in [9.17, 15) is 0 Å². The lowest BCUT2D eigenvalue weighted by Crippen LogP contribution is -1.94. The van der Waals surface area contributed by atoms with Gasteiger partial charge in [0.25, 0.3) is 0 Å². The van der Waals surface area contributed by atoms with Crippen LogP contribution in [0.1, 0.15) is 31.2 Å². The molecule has 0 radical (unpaired) electrons. The molecule has 0 unspecified atom stereocenters. The van der Waals surface area contributed by atoms with E-state index in [0.717, 1.165) is 18.5 Å².